The quantitative estimate of drug-likeness (QED) is 0.664. The second kappa shape index (κ2) is 3.56. The molecule has 1 heterocycles. The van der Waals surface area contributed by atoms with Crippen molar-refractivity contribution in [3.05, 3.63) is 11.8 Å². The molecule has 0 saturated heterocycles. The second-order valence-electron chi connectivity index (χ2n) is 3.44. The van der Waals surface area contributed by atoms with Gasteiger partial charge in [-0.25, -0.2) is 4.99 Å². The summed E-state index contributed by atoms with van der Waals surface area (Å²) in [5, 5.41) is 8.96. The number of aliphatic hydroxyl groups excluding tert-OH is 1. The van der Waals surface area contributed by atoms with Gasteiger partial charge in [-0.2, -0.15) is 0 Å². The van der Waals surface area contributed by atoms with Crippen LogP contribution in [0.5, 0.6) is 0 Å². The normalized spacial score (nSPS) is 17.0. The van der Waals surface area contributed by atoms with Gasteiger partial charge in [0.2, 0.25) is 0 Å². The molecule has 1 aliphatic rings. The molecule has 0 amide bonds. The van der Waals surface area contributed by atoms with Gasteiger partial charge >= 0.3 is 0 Å². The van der Waals surface area contributed by atoms with Gasteiger partial charge in [-0.1, -0.05) is 13.8 Å². The number of nitrogens with zero attached hydrogens (tertiary/aromatic N) is 1. The molecule has 0 saturated carbocycles. The maximum atomic E-state index is 8.96. The molecule has 2 nitrogen and oxygen atoms in total. The Bertz CT molecular complexity index is 192. The van der Waals surface area contributed by atoms with Crippen LogP contribution in [0.1, 0.15) is 33.1 Å². The van der Waals surface area contributed by atoms with E-state index in [1.165, 1.54) is 12.0 Å². The summed E-state index contributed by atoms with van der Waals surface area (Å²) in [4.78, 5) is 3.81. The van der Waals surface area contributed by atoms with Crippen LogP contribution < -0.4 is 0 Å². The fourth-order valence-corrected chi connectivity index (χ4v) is 1.09. The lowest BCUT2D eigenvalue weighted by molar-refractivity contribution is 0.536. The van der Waals surface area contributed by atoms with Crippen molar-refractivity contribution in [2.45, 2.75) is 33.1 Å². The van der Waals surface area contributed by atoms with E-state index < -0.39 is 0 Å². The molecular weight excluding hydrogens is 138 g/mol. The summed E-state index contributed by atoms with van der Waals surface area (Å²) in [6.45, 7) is 4.41. The molecule has 1 N–H and O–H groups in total. The average Bonchev–Trinajstić information content (AvgIpc) is 2.31. The van der Waals surface area contributed by atoms with Crippen LogP contribution in [-0.2, 0) is 0 Å². The molecule has 0 aromatic rings. The minimum atomic E-state index is 0.267. The van der Waals surface area contributed by atoms with Crippen molar-refractivity contribution in [3.63, 3.8) is 0 Å². The highest BCUT2D eigenvalue weighted by molar-refractivity contribution is 5.79. The van der Waals surface area contributed by atoms with Crippen molar-refractivity contribution >= 4 is 5.90 Å². The van der Waals surface area contributed by atoms with Crippen LogP contribution in [0.4, 0.5) is 0 Å². The molecule has 11 heavy (non-hydrogen) atoms. The third-order valence-corrected chi connectivity index (χ3v) is 1.82. The van der Waals surface area contributed by atoms with Gasteiger partial charge in [0.1, 0.15) is 0 Å². The third-order valence-electron chi connectivity index (χ3n) is 1.82. The van der Waals surface area contributed by atoms with E-state index in [1.807, 2.05) is 0 Å². The van der Waals surface area contributed by atoms with Gasteiger partial charge in [0, 0.05) is 12.6 Å². The lowest BCUT2D eigenvalue weighted by Gasteiger charge is -2.03. The summed E-state index contributed by atoms with van der Waals surface area (Å²) < 4.78 is 0. The minimum absolute atomic E-state index is 0.267. The van der Waals surface area contributed by atoms with Crippen LogP contribution >= 0.6 is 0 Å². The standard InChI is InChI=1S/C9H15NO/c1-7(2)3-4-8-5-9(11)10-6-8/h6-7H,3-5H2,1-2H3,(H,10,11). The summed E-state index contributed by atoms with van der Waals surface area (Å²) in [5.74, 6) is 1.00. The smallest absolute Gasteiger partial charge is 0.189 e. The van der Waals surface area contributed by atoms with Crippen LogP contribution in [-0.4, -0.2) is 11.0 Å². The van der Waals surface area contributed by atoms with E-state index in [-0.39, 0.29) is 5.90 Å². The van der Waals surface area contributed by atoms with Gasteiger partial charge in [-0.05, 0) is 24.3 Å². The molecule has 0 bridgehead atoms. The van der Waals surface area contributed by atoms with Gasteiger partial charge < -0.3 is 5.11 Å². The predicted octanol–water partition coefficient (Wildman–Crippen LogP) is 2.67. The van der Waals surface area contributed by atoms with Crippen molar-refractivity contribution in [2.75, 3.05) is 0 Å². The molecular formula is C9H15NO. The van der Waals surface area contributed by atoms with Gasteiger partial charge in [0.05, 0.1) is 0 Å². The lowest BCUT2D eigenvalue weighted by Crippen LogP contribution is -1.94. The lowest BCUT2D eigenvalue weighted by atomic mass is 10.0. The van der Waals surface area contributed by atoms with Gasteiger partial charge in [-0.3, -0.25) is 0 Å². The van der Waals surface area contributed by atoms with E-state index in [9.17, 15) is 0 Å². The van der Waals surface area contributed by atoms with E-state index in [0.29, 0.717) is 6.42 Å². The average molecular weight is 153 g/mol. The van der Waals surface area contributed by atoms with Crippen LogP contribution in [0.25, 0.3) is 0 Å². The Balaban J connectivity index is 2.21. The Labute approximate surface area is 67.7 Å². The number of hydrogen-bond acceptors (Lipinski definition) is 1. The first-order valence-electron chi connectivity index (χ1n) is 4.12. The van der Waals surface area contributed by atoms with Gasteiger partial charge in [0.25, 0.3) is 0 Å². The zero-order valence-electron chi connectivity index (χ0n) is 7.17. The molecule has 1 aliphatic heterocycles. The Kier molecular flexibility index (Phi) is 2.69. The maximum absolute atomic E-state index is 8.96. The van der Waals surface area contributed by atoms with E-state index >= 15 is 0 Å². The highest BCUT2D eigenvalue weighted by Crippen LogP contribution is 2.18. The Morgan fingerprint density at radius 2 is 2.36 bits per heavy atom. The fraction of sp³-hybridized carbons (Fsp3) is 0.667. The minimum Gasteiger partial charge on any atom is -0.496 e. The van der Waals surface area contributed by atoms with Crippen molar-refractivity contribution in [2.24, 2.45) is 10.9 Å². The summed E-state index contributed by atoms with van der Waals surface area (Å²) in [7, 11) is 0. The topological polar surface area (TPSA) is 32.6 Å². The second-order valence-corrected chi connectivity index (χ2v) is 3.44. The van der Waals surface area contributed by atoms with Gasteiger partial charge in [0.15, 0.2) is 5.90 Å². The number of rotatable bonds is 3. The van der Waals surface area contributed by atoms with Crippen molar-refractivity contribution in [1.82, 2.24) is 0 Å². The Hall–Kier alpha value is -0.790. The monoisotopic (exact) mass is 153 g/mol. The molecule has 0 unspecified atom stereocenters. The largest absolute Gasteiger partial charge is 0.496 e. The third kappa shape index (κ3) is 2.74. The number of hydrogen-bond donors (Lipinski definition) is 1. The van der Waals surface area contributed by atoms with Crippen LogP contribution in [0.2, 0.25) is 0 Å². The molecule has 0 aliphatic carbocycles. The predicted molar refractivity (Wildman–Crippen MR) is 46.8 cm³/mol. The summed E-state index contributed by atoms with van der Waals surface area (Å²) >= 11 is 0. The van der Waals surface area contributed by atoms with E-state index in [0.717, 1.165) is 12.3 Å². The Morgan fingerprint density at radius 1 is 1.64 bits per heavy atom. The first kappa shape index (κ1) is 8.31. The van der Waals surface area contributed by atoms with E-state index in [2.05, 4.69) is 18.8 Å². The van der Waals surface area contributed by atoms with Crippen molar-refractivity contribution < 1.29 is 5.11 Å². The summed E-state index contributed by atoms with van der Waals surface area (Å²) in [6.07, 6.45) is 4.73. The molecule has 0 aromatic heterocycles. The molecule has 0 spiro atoms. The van der Waals surface area contributed by atoms with Crippen LogP contribution in [0.15, 0.2) is 16.8 Å². The van der Waals surface area contributed by atoms with Crippen molar-refractivity contribution in [3.8, 4) is 0 Å². The molecule has 2 heteroatoms. The first-order valence-corrected chi connectivity index (χ1v) is 4.12. The zero-order valence-corrected chi connectivity index (χ0v) is 7.17. The van der Waals surface area contributed by atoms with E-state index in [4.69, 9.17) is 5.11 Å². The first-order chi connectivity index (χ1) is 5.18. The van der Waals surface area contributed by atoms with E-state index in [1.54, 1.807) is 6.20 Å². The molecule has 1 rings (SSSR count). The maximum Gasteiger partial charge on any atom is 0.189 e. The van der Waals surface area contributed by atoms with Crippen LogP contribution in [0.3, 0.4) is 0 Å². The molecule has 0 aromatic carbocycles. The summed E-state index contributed by atoms with van der Waals surface area (Å²) in [6, 6.07) is 0. The zero-order chi connectivity index (χ0) is 8.27. The molecule has 62 valence electrons. The molecule has 0 atom stereocenters. The van der Waals surface area contributed by atoms with Crippen molar-refractivity contribution in [1.29, 1.82) is 0 Å². The number of aliphatic imine (C=N–C) groups is 1. The SMILES string of the molecule is CC(C)CCC1=CN=C(O)C1. The van der Waals surface area contributed by atoms with Gasteiger partial charge in [-0.15, -0.1) is 0 Å². The highest BCUT2D eigenvalue weighted by atomic mass is 16.3. The highest BCUT2D eigenvalue weighted by Gasteiger charge is 2.08. The molecule has 0 radical (unpaired) electrons. The summed E-state index contributed by atoms with van der Waals surface area (Å²) in [5.41, 5.74) is 1.26. The molecule has 0 fully saturated rings. The number of aliphatic hydroxyl groups is 1. The Morgan fingerprint density at radius 3 is 2.82 bits per heavy atom. The fourth-order valence-electron chi connectivity index (χ4n) is 1.09. The van der Waals surface area contributed by atoms with Crippen LogP contribution in [0, 0.1) is 5.92 Å².